The maximum Gasteiger partial charge on any atom is 0.269 e. The monoisotopic (exact) mass is 308 g/mol. The van der Waals surface area contributed by atoms with E-state index in [2.05, 4.69) is 11.6 Å². The molecule has 0 saturated carbocycles. The van der Waals surface area contributed by atoms with Crippen molar-refractivity contribution in [1.82, 2.24) is 4.31 Å². The van der Waals surface area contributed by atoms with Crippen LogP contribution in [-0.2, 0) is 14.8 Å². The summed E-state index contributed by atoms with van der Waals surface area (Å²) in [6, 6.07) is 0. The third-order valence-electron chi connectivity index (χ3n) is 2.53. The van der Waals surface area contributed by atoms with Crippen LogP contribution >= 0.6 is 11.8 Å². The summed E-state index contributed by atoms with van der Waals surface area (Å²) in [6.45, 7) is 11.1. The molecule has 5 nitrogen and oxygen atoms in total. The predicted octanol–water partition coefficient (Wildman–Crippen LogP) is 2.66. The summed E-state index contributed by atoms with van der Waals surface area (Å²) in [7, 11) is -1.97. The molecular weight excluding hydrogens is 284 g/mol. The Bertz CT molecular complexity index is 446. The van der Waals surface area contributed by atoms with E-state index in [-0.39, 0.29) is 0 Å². The molecule has 1 unspecified atom stereocenters. The van der Waals surface area contributed by atoms with E-state index in [1.807, 2.05) is 20.8 Å². The summed E-state index contributed by atoms with van der Waals surface area (Å²) >= 11 is 1.54. The number of hydrogen-bond donors (Lipinski definition) is 0. The summed E-state index contributed by atoms with van der Waals surface area (Å²) in [5.41, 5.74) is 0. The lowest BCUT2D eigenvalue weighted by Gasteiger charge is -2.34. The van der Waals surface area contributed by atoms with Crippen molar-refractivity contribution in [3.63, 3.8) is 0 Å². The smallest absolute Gasteiger partial charge is 0.269 e. The maximum atomic E-state index is 11.7. The summed E-state index contributed by atoms with van der Waals surface area (Å²) < 4.78 is 30.2. The second kappa shape index (κ2) is 7.31. The van der Waals surface area contributed by atoms with Gasteiger partial charge in [0.1, 0.15) is 0 Å². The highest BCUT2D eigenvalue weighted by atomic mass is 32.2. The Balaban J connectivity index is 5.48. The standard InChI is InChI=1S/C12H24N2O3S2/c1-8-10(3)17-12(5,13-11(4)18-9-2)14(6)19(7,15)16/h3,8-9H2,1-2,4-7H3/b13-11-. The van der Waals surface area contributed by atoms with E-state index in [4.69, 9.17) is 4.74 Å². The van der Waals surface area contributed by atoms with Crippen molar-refractivity contribution in [3.05, 3.63) is 12.3 Å². The van der Waals surface area contributed by atoms with E-state index in [0.29, 0.717) is 12.2 Å². The number of aliphatic imine (C=N–C) groups is 1. The summed E-state index contributed by atoms with van der Waals surface area (Å²) in [6.07, 6.45) is 1.73. The fourth-order valence-corrected chi connectivity index (χ4v) is 2.69. The van der Waals surface area contributed by atoms with Gasteiger partial charge in [0.15, 0.2) is 0 Å². The van der Waals surface area contributed by atoms with Crippen LogP contribution in [-0.4, -0.2) is 42.7 Å². The van der Waals surface area contributed by atoms with Crippen LogP contribution in [0.25, 0.3) is 0 Å². The Morgan fingerprint density at radius 1 is 1.47 bits per heavy atom. The minimum Gasteiger partial charge on any atom is -0.457 e. The minimum absolute atomic E-state index is 0.496. The van der Waals surface area contributed by atoms with Gasteiger partial charge < -0.3 is 4.74 Å². The number of sulfonamides is 1. The molecule has 0 bridgehead atoms. The van der Waals surface area contributed by atoms with E-state index >= 15 is 0 Å². The highest BCUT2D eigenvalue weighted by molar-refractivity contribution is 8.13. The summed E-state index contributed by atoms with van der Waals surface area (Å²) in [4.78, 5) is 4.40. The summed E-state index contributed by atoms with van der Waals surface area (Å²) in [5.74, 6) is 0.0615. The van der Waals surface area contributed by atoms with Crippen LogP contribution in [0.4, 0.5) is 0 Å². The fraction of sp³-hybridized carbons (Fsp3) is 0.750. The molecule has 19 heavy (non-hydrogen) atoms. The molecule has 0 aliphatic heterocycles. The van der Waals surface area contributed by atoms with Gasteiger partial charge in [-0.05, 0) is 12.7 Å². The van der Waals surface area contributed by atoms with Gasteiger partial charge in [0.2, 0.25) is 10.0 Å². The first-order valence-electron chi connectivity index (χ1n) is 6.06. The number of nitrogens with zero attached hydrogens (tertiary/aromatic N) is 2. The molecule has 7 heteroatoms. The van der Waals surface area contributed by atoms with Gasteiger partial charge in [-0.1, -0.05) is 20.4 Å². The van der Waals surface area contributed by atoms with E-state index in [0.717, 1.165) is 21.4 Å². The average molecular weight is 308 g/mol. The molecule has 0 saturated heterocycles. The van der Waals surface area contributed by atoms with Gasteiger partial charge >= 0.3 is 0 Å². The van der Waals surface area contributed by atoms with E-state index in [1.54, 1.807) is 6.92 Å². The van der Waals surface area contributed by atoms with Crippen LogP contribution in [0.15, 0.2) is 17.3 Å². The maximum absolute atomic E-state index is 11.7. The van der Waals surface area contributed by atoms with Crippen LogP contribution in [0, 0.1) is 0 Å². The lowest BCUT2D eigenvalue weighted by molar-refractivity contribution is -0.0543. The van der Waals surface area contributed by atoms with Crippen molar-refractivity contribution in [2.75, 3.05) is 19.1 Å². The van der Waals surface area contributed by atoms with Crippen LogP contribution < -0.4 is 0 Å². The Labute approximate surface area is 121 Å². The van der Waals surface area contributed by atoms with E-state index in [1.165, 1.54) is 18.8 Å². The zero-order valence-corrected chi connectivity index (χ0v) is 14.2. The molecule has 112 valence electrons. The first-order valence-corrected chi connectivity index (χ1v) is 8.90. The van der Waals surface area contributed by atoms with Crippen LogP contribution in [0.1, 0.15) is 34.1 Å². The molecular formula is C12H24N2O3S2. The molecule has 0 aromatic rings. The quantitative estimate of drug-likeness (QED) is 0.314. The molecule has 0 aliphatic rings. The second-order valence-electron chi connectivity index (χ2n) is 4.22. The molecule has 0 aromatic carbocycles. The molecule has 0 fully saturated rings. The van der Waals surface area contributed by atoms with Gasteiger partial charge in [-0.25, -0.2) is 13.4 Å². The van der Waals surface area contributed by atoms with E-state index in [9.17, 15) is 8.42 Å². The van der Waals surface area contributed by atoms with Crippen molar-refractivity contribution in [2.24, 2.45) is 4.99 Å². The van der Waals surface area contributed by atoms with Crippen molar-refractivity contribution >= 4 is 26.8 Å². The zero-order chi connectivity index (χ0) is 15.3. The molecule has 0 spiro atoms. The Morgan fingerprint density at radius 3 is 2.37 bits per heavy atom. The second-order valence-corrected chi connectivity index (χ2v) is 7.69. The third-order valence-corrected chi connectivity index (χ3v) is 4.66. The molecule has 0 amide bonds. The number of thioether (sulfide) groups is 1. The number of allylic oxidation sites excluding steroid dienone is 1. The Morgan fingerprint density at radius 2 is 2.00 bits per heavy atom. The van der Waals surface area contributed by atoms with Crippen LogP contribution in [0.2, 0.25) is 0 Å². The largest absolute Gasteiger partial charge is 0.457 e. The van der Waals surface area contributed by atoms with Gasteiger partial charge in [0, 0.05) is 20.4 Å². The number of rotatable bonds is 7. The van der Waals surface area contributed by atoms with Crippen LogP contribution in [0.5, 0.6) is 0 Å². The lowest BCUT2D eigenvalue weighted by Crippen LogP contribution is -2.47. The van der Waals surface area contributed by atoms with Gasteiger partial charge in [0.25, 0.3) is 5.85 Å². The van der Waals surface area contributed by atoms with Crippen molar-refractivity contribution < 1.29 is 13.2 Å². The van der Waals surface area contributed by atoms with Gasteiger partial charge in [-0.15, -0.1) is 16.1 Å². The zero-order valence-electron chi connectivity index (χ0n) is 12.6. The van der Waals surface area contributed by atoms with Gasteiger partial charge in [0.05, 0.1) is 17.1 Å². The van der Waals surface area contributed by atoms with Crippen molar-refractivity contribution in [1.29, 1.82) is 0 Å². The van der Waals surface area contributed by atoms with Gasteiger partial charge in [-0.3, -0.25) is 0 Å². The highest BCUT2D eigenvalue weighted by Gasteiger charge is 2.37. The molecule has 0 N–H and O–H groups in total. The summed E-state index contributed by atoms with van der Waals surface area (Å²) in [5, 5.41) is 0.768. The normalized spacial score (nSPS) is 16.3. The number of ether oxygens (including phenoxy) is 1. The van der Waals surface area contributed by atoms with Crippen molar-refractivity contribution in [3.8, 4) is 0 Å². The Hall–Kier alpha value is -0.530. The molecule has 0 rings (SSSR count). The molecule has 1 atom stereocenters. The van der Waals surface area contributed by atoms with Gasteiger partial charge in [-0.2, -0.15) is 0 Å². The highest BCUT2D eigenvalue weighted by Crippen LogP contribution is 2.25. The first kappa shape index (κ1) is 18.5. The molecule has 0 aliphatic carbocycles. The fourth-order valence-electron chi connectivity index (χ4n) is 1.34. The molecule has 0 aromatic heterocycles. The van der Waals surface area contributed by atoms with E-state index < -0.39 is 15.9 Å². The SMILES string of the molecule is C=C(CC)OC(C)(/N=C(/C)SCC)N(C)S(C)(=O)=O. The third kappa shape index (κ3) is 5.97. The molecule has 0 heterocycles. The topological polar surface area (TPSA) is 59.0 Å². The number of hydrogen-bond acceptors (Lipinski definition) is 5. The van der Waals surface area contributed by atoms with Crippen LogP contribution in [0.3, 0.4) is 0 Å². The first-order chi connectivity index (χ1) is 8.56. The average Bonchev–Trinajstić information content (AvgIpc) is 2.26. The minimum atomic E-state index is -3.42. The Kier molecular flexibility index (Phi) is 7.10. The lowest BCUT2D eigenvalue weighted by atomic mass is 10.4. The van der Waals surface area contributed by atoms with Crippen molar-refractivity contribution in [2.45, 2.75) is 40.0 Å². The predicted molar refractivity (Wildman–Crippen MR) is 82.8 cm³/mol. The molecule has 0 radical (unpaired) electrons.